The number of hydrogen-bond acceptors (Lipinski definition) is 5. The number of carbonyl (C=O) groups is 1. The van der Waals surface area contributed by atoms with E-state index >= 15 is 0 Å². The first-order valence-electron chi connectivity index (χ1n) is 5.42. The molecule has 0 unspecified atom stereocenters. The average molecular weight is 250 g/mol. The SMILES string of the molecule is CN(CCO)c1c(C(=O)O)cnc2c1cnn2C. The highest BCUT2D eigenvalue weighted by Crippen LogP contribution is 2.28. The van der Waals surface area contributed by atoms with Crippen molar-refractivity contribution in [2.45, 2.75) is 0 Å². The molecule has 2 N–H and O–H groups in total. The molecule has 0 bridgehead atoms. The number of carboxylic acid groups (broad SMARTS) is 1. The van der Waals surface area contributed by atoms with Gasteiger partial charge in [0.05, 0.1) is 23.9 Å². The van der Waals surface area contributed by atoms with E-state index in [-0.39, 0.29) is 12.2 Å². The van der Waals surface area contributed by atoms with Crippen molar-refractivity contribution in [2.75, 3.05) is 25.1 Å². The standard InChI is InChI=1S/C11H14N4O3/c1-14(3-4-16)9-7-6-13-15(2)10(7)12-5-8(9)11(17)18/h5-6,16H,3-4H2,1-2H3,(H,17,18). The number of pyridine rings is 1. The predicted octanol–water partition coefficient (Wildman–Crippen LogP) is 0.0950. The fourth-order valence-corrected chi connectivity index (χ4v) is 1.91. The number of aromatic carboxylic acids is 1. The van der Waals surface area contributed by atoms with Gasteiger partial charge < -0.3 is 15.1 Å². The van der Waals surface area contributed by atoms with Crippen LogP contribution in [0.4, 0.5) is 5.69 Å². The third-order valence-electron chi connectivity index (χ3n) is 2.78. The molecule has 0 saturated heterocycles. The summed E-state index contributed by atoms with van der Waals surface area (Å²) in [6.07, 6.45) is 2.90. The number of nitrogens with zero attached hydrogens (tertiary/aromatic N) is 4. The Hall–Kier alpha value is -2.15. The smallest absolute Gasteiger partial charge is 0.339 e. The van der Waals surface area contributed by atoms with E-state index in [1.165, 1.54) is 6.20 Å². The van der Waals surface area contributed by atoms with Crippen molar-refractivity contribution < 1.29 is 15.0 Å². The van der Waals surface area contributed by atoms with Crippen LogP contribution in [-0.2, 0) is 7.05 Å². The van der Waals surface area contributed by atoms with E-state index in [1.807, 2.05) is 0 Å². The monoisotopic (exact) mass is 250 g/mol. The molecule has 2 aromatic rings. The summed E-state index contributed by atoms with van der Waals surface area (Å²) in [5, 5.41) is 22.9. The number of likely N-dealkylation sites (N-methyl/N-ethyl adjacent to an activating group) is 1. The zero-order valence-electron chi connectivity index (χ0n) is 10.2. The lowest BCUT2D eigenvalue weighted by Gasteiger charge is -2.20. The zero-order valence-corrected chi connectivity index (χ0v) is 10.2. The second kappa shape index (κ2) is 4.61. The molecule has 18 heavy (non-hydrogen) atoms. The van der Waals surface area contributed by atoms with E-state index < -0.39 is 5.97 Å². The molecule has 2 aromatic heterocycles. The first-order chi connectivity index (χ1) is 8.56. The minimum absolute atomic E-state index is 0.0559. The van der Waals surface area contributed by atoms with Crippen LogP contribution in [0.15, 0.2) is 12.4 Å². The van der Waals surface area contributed by atoms with Crippen LogP contribution in [0.3, 0.4) is 0 Å². The molecule has 7 nitrogen and oxygen atoms in total. The van der Waals surface area contributed by atoms with Gasteiger partial charge in [0.1, 0.15) is 5.56 Å². The van der Waals surface area contributed by atoms with Gasteiger partial charge in [-0.05, 0) is 0 Å². The first kappa shape index (κ1) is 12.3. The maximum absolute atomic E-state index is 11.2. The maximum Gasteiger partial charge on any atom is 0.339 e. The van der Waals surface area contributed by atoms with E-state index in [4.69, 9.17) is 5.11 Å². The Labute approximate surface area is 103 Å². The number of fused-ring (bicyclic) bond motifs is 1. The second-order valence-corrected chi connectivity index (χ2v) is 3.98. The Morgan fingerprint density at radius 2 is 2.22 bits per heavy atom. The van der Waals surface area contributed by atoms with Crippen molar-refractivity contribution in [1.29, 1.82) is 0 Å². The number of aromatic nitrogens is 3. The molecule has 0 saturated carbocycles. The predicted molar refractivity (Wildman–Crippen MR) is 65.8 cm³/mol. The van der Waals surface area contributed by atoms with Crippen molar-refractivity contribution in [2.24, 2.45) is 7.05 Å². The number of aryl methyl sites for hydroxylation is 1. The quantitative estimate of drug-likeness (QED) is 0.799. The summed E-state index contributed by atoms with van der Waals surface area (Å²) < 4.78 is 1.58. The van der Waals surface area contributed by atoms with Crippen molar-refractivity contribution in [3.05, 3.63) is 18.0 Å². The first-order valence-corrected chi connectivity index (χ1v) is 5.42. The number of anilines is 1. The van der Waals surface area contributed by atoms with E-state index in [0.717, 1.165) is 0 Å². The van der Waals surface area contributed by atoms with Gasteiger partial charge in [-0.15, -0.1) is 0 Å². The molecule has 0 spiro atoms. The van der Waals surface area contributed by atoms with E-state index in [1.54, 1.807) is 29.9 Å². The van der Waals surface area contributed by atoms with Gasteiger partial charge in [-0.1, -0.05) is 0 Å². The molecule has 2 heterocycles. The minimum Gasteiger partial charge on any atom is -0.478 e. The van der Waals surface area contributed by atoms with Crippen LogP contribution in [0.5, 0.6) is 0 Å². The molecule has 0 aliphatic heterocycles. The van der Waals surface area contributed by atoms with Crippen LogP contribution in [0.1, 0.15) is 10.4 Å². The fraction of sp³-hybridized carbons (Fsp3) is 0.364. The number of hydrogen-bond donors (Lipinski definition) is 2. The molecule has 7 heteroatoms. The van der Waals surface area contributed by atoms with Crippen LogP contribution in [0.25, 0.3) is 11.0 Å². The van der Waals surface area contributed by atoms with Gasteiger partial charge >= 0.3 is 5.97 Å². The zero-order chi connectivity index (χ0) is 13.3. The Bertz CT molecular complexity index is 593. The normalized spacial score (nSPS) is 10.8. The molecule has 0 fully saturated rings. The van der Waals surface area contributed by atoms with Crippen LogP contribution in [0.2, 0.25) is 0 Å². The average Bonchev–Trinajstić information content (AvgIpc) is 2.70. The molecule has 2 rings (SSSR count). The summed E-state index contributed by atoms with van der Waals surface area (Å²) in [5.41, 5.74) is 1.24. The number of rotatable bonds is 4. The van der Waals surface area contributed by atoms with Crippen LogP contribution in [0, 0.1) is 0 Å². The number of aliphatic hydroxyl groups excluding tert-OH is 1. The largest absolute Gasteiger partial charge is 0.478 e. The van der Waals surface area contributed by atoms with Crippen molar-refractivity contribution in [3.63, 3.8) is 0 Å². The van der Waals surface area contributed by atoms with Gasteiger partial charge in [0.15, 0.2) is 5.65 Å². The van der Waals surface area contributed by atoms with Crippen molar-refractivity contribution in [1.82, 2.24) is 14.8 Å². The maximum atomic E-state index is 11.2. The molecule has 0 aromatic carbocycles. The lowest BCUT2D eigenvalue weighted by Crippen LogP contribution is -2.24. The molecular weight excluding hydrogens is 236 g/mol. The van der Waals surface area contributed by atoms with Crippen LogP contribution >= 0.6 is 0 Å². The molecule has 0 aliphatic carbocycles. The topological polar surface area (TPSA) is 91.5 Å². The summed E-state index contributed by atoms with van der Waals surface area (Å²) in [6.45, 7) is 0.286. The Morgan fingerprint density at radius 1 is 1.50 bits per heavy atom. The fourth-order valence-electron chi connectivity index (χ4n) is 1.91. The van der Waals surface area contributed by atoms with Gasteiger partial charge in [-0.2, -0.15) is 5.10 Å². The van der Waals surface area contributed by atoms with E-state index in [0.29, 0.717) is 23.3 Å². The summed E-state index contributed by atoms with van der Waals surface area (Å²) >= 11 is 0. The van der Waals surface area contributed by atoms with Crippen LogP contribution < -0.4 is 4.90 Å². The Balaban J connectivity index is 2.70. The van der Waals surface area contributed by atoms with Gasteiger partial charge in [0, 0.05) is 26.8 Å². The Morgan fingerprint density at radius 3 is 2.83 bits per heavy atom. The third kappa shape index (κ3) is 1.88. The molecule has 0 amide bonds. The van der Waals surface area contributed by atoms with E-state index in [9.17, 15) is 9.90 Å². The van der Waals surface area contributed by atoms with Gasteiger partial charge in [0.25, 0.3) is 0 Å². The minimum atomic E-state index is -1.05. The summed E-state index contributed by atoms with van der Waals surface area (Å²) in [4.78, 5) is 17.0. The molecule has 0 aliphatic rings. The van der Waals surface area contributed by atoms with Gasteiger partial charge in [0.2, 0.25) is 0 Å². The third-order valence-corrected chi connectivity index (χ3v) is 2.78. The highest BCUT2D eigenvalue weighted by Gasteiger charge is 2.19. The lowest BCUT2D eigenvalue weighted by atomic mass is 10.1. The second-order valence-electron chi connectivity index (χ2n) is 3.98. The summed E-state index contributed by atoms with van der Waals surface area (Å²) in [6, 6.07) is 0. The number of carboxylic acids is 1. The highest BCUT2D eigenvalue weighted by atomic mass is 16.4. The van der Waals surface area contributed by atoms with E-state index in [2.05, 4.69) is 10.1 Å². The molecule has 96 valence electrons. The Kier molecular flexibility index (Phi) is 3.15. The number of aliphatic hydroxyl groups is 1. The van der Waals surface area contributed by atoms with Gasteiger partial charge in [-0.3, -0.25) is 4.68 Å². The molecule has 0 atom stereocenters. The van der Waals surface area contributed by atoms with Crippen molar-refractivity contribution in [3.8, 4) is 0 Å². The molecular formula is C11H14N4O3. The van der Waals surface area contributed by atoms with Crippen molar-refractivity contribution >= 4 is 22.7 Å². The van der Waals surface area contributed by atoms with Crippen LogP contribution in [-0.4, -0.2) is 51.1 Å². The summed E-state index contributed by atoms with van der Waals surface area (Å²) in [7, 11) is 3.47. The molecule has 0 radical (unpaired) electrons. The van der Waals surface area contributed by atoms with Gasteiger partial charge in [-0.25, -0.2) is 9.78 Å². The highest BCUT2D eigenvalue weighted by molar-refractivity contribution is 6.03. The lowest BCUT2D eigenvalue weighted by molar-refractivity contribution is 0.0697. The summed E-state index contributed by atoms with van der Waals surface area (Å²) in [5.74, 6) is -1.05.